The van der Waals surface area contributed by atoms with Crippen molar-refractivity contribution in [2.45, 2.75) is 13.0 Å². The summed E-state index contributed by atoms with van der Waals surface area (Å²) in [5.74, 6) is -1.14. The number of carbonyl (C=O) groups excluding carboxylic acids is 1. The van der Waals surface area contributed by atoms with Crippen molar-refractivity contribution in [1.82, 2.24) is 5.32 Å². The maximum atomic E-state index is 11.5. The molecule has 108 valence electrons. The van der Waals surface area contributed by atoms with Gasteiger partial charge in [0.25, 0.3) is 0 Å². The van der Waals surface area contributed by atoms with Crippen LogP contribution in [0, 0.1) is 10.1 Å². The zero-order valence-corrected chi connectivity index (χ0v) is 10.7. The number of urea groups is 1. The second-order valence-corrected chi connectivity index (χ2v) is 3.80. The van der Waals surface area contributed by atoms with Crippen molar-refractivity contribution in [3.05, 3.63) is 28.3 Å². The number of hydrogen-bond acceptors (Lipinski definition) is 5. The molecule has 9 heteroatoms. The van der Waals surface area contributed by atoms with Crippen LogP contribution < -0.4 is 15.4 Å². The van der Waals surface area contributed by atoms with Crippen LogP contribution in [0.4, 0.5) is 16.2 Å². The SMILES string of the molecule is COc1ccc(NC(=O)NC(C)C(=O)O)cc1[N+](=O)[O-]. The number of anilines is 1. The van der Waals surface area contributed by atoms with Gasteiger partial charge >= 0.3 is 17.7 Å². The Hall–Kier alpha value is -2.84. The molecule has 0 heterocycles. The summed E-state index contributed by atoms with van der Waals surface area (Å²) in [6.07, 6.45) is 0. The molecule has 0 aliphatic rings. The molecule has 1 atom stereocenters. The number of nitrogens with one attached hydrogen (secondary N) is 2. The van der Waals surface area contributed by atoms with Crippen LogP contribution in [0.15, 0.2) is 18.2 Å². The van der Waals surface area contributed by atoms with Gasteiger partial charge in [-0.25, -0.2) is 4.79 Å². The molecule has 1 unspecified atom stereocenters. The average molecular weight is 283 g/mol. The monoisotopic (exact) mass is 283 g/mol. The molecule has 0 aliphatic heterocycles. The topological polar surface area (TPSA) is 131 Å². The van der Waals surface area contributed by atoms with Crippen molar-refractivity contribution in [2.75, 3.05) is 12.4 Å². The molecule has 1 rings (SSSR count). The van der Waals surface area contributed by atoms with Crippen molar-refractivity contribution >= 4 is 23.4 Å². The van der Waals surface area contributed by atoms with Gasteiger partial charge in [-0.05, 0) is 19.1 Å². The van der Waals surface area contributed by atoms with Crippen molar-refractivity contribution in [3.63, 3.8) is 0 Å². The lowest BCUT2D eigenvalue weighted by Gasteiger charge is -2.11. The lowest BCUT2D eigenvalue weighted by atomic mass is 10.2. The highest BCUT2D eigenvalue weighted by Crippen LogP contribution is 2.29. The summed E-state index contributed by atoms with van der Waals surface area (Å²) in [6, 6.07) is 1.98. The molecule has 0 radical (unpaired) electrons. The Morgan fingerprint density at radius 2 is 2.10 bits per heavy atom. The number of nitro benzene ring substituents is 1. The summed E-state index contributed by atoms with van der Waals surface area (Å²) in [5, 5.41) is 23.9. The van der Waals surface area contributed by atoms with Crippen LogP contribution in [0.3, 0.4) is 0 Å². The first kappa shape index (κ1) is 15.2. The first-order valence-electron chi connectivity index (χ1n) is 5.48. The number of ether oxygens (including phenoxy) is 1. The second-order valence-electron chi connectivity index (χ2n) is 3.80. The van der Waals surface area contributed by atoms with Gasteiger partial charge in [0.15, 0.2) is 5.75 Å². The molecule has 0 bridgehead atoms. The summed E-state index contributed by atoms with van der Waals surface area (Å²) < 4.78 is 4.81. The summed E-state index contributed by atoms with van der Waals surface area (Å²) in [5.41, 5.74) is -0.163. The van der Waals surface area contributed by atoms with Gasteiger partial charge in [0.05, 0.1) is 12.0 Å². The molecule has 9 nitrogen and oxygen atoms in total. The predicted octanol–water partition coefficient (Wildman–Crippen LogP) is 1.20. The molecule has 0 aromatic heterocycles. The van der Waals surface area contributed by atoms with Gasteiger partial charge in [0.2, 0.25) is 0 Å². The molecule has 2 amide bonds. The van der Waals surface area contributed by atoms with Crippen LogP contribution >= 0.6 is 0 Å². The maximum Gasteiger partial charge on any atom is 0.325 e. The van der Waals surface area contributed by atoms with E-state index >= 15 is 0 Å². The Bertz CT molecular complexity index is 545. The number of benzene rings is 1. The molecule has 1 aromatic rings. The maximum absolute atomic E-state index is 11.5. The first-order valence-corrected chi connectivity index (χ1v) is 5.48. The average Bonchev–Trinajstić information content (AvgIpc) is 2.38. The number of rotatable bonds is 5. The van der Waals surface area contributed by atoms with Crippen molar-refractivity contribution in [1.29, 1.82) is 0 Å². The Labute approximate surface area is 113 Å². The summed E-state index contributed by atoms with van der Waals surface area (Å²) in [4.78, 5) is 32.2. The lowest BCUT2D eigenvalue weighted by Crippen LogP contribution is -2.40. The van der Waals surface area contributed by atoms with E-state index in [9.17, 15) is 19.7 Å². The van der Waals surface area contributed by atoms with Gasteiger partial charge in [-0.2, -0.15) is 0 Å². The minimum atomic E-state index is -1.19. The molecule has 0 saturated heterocycles. The number of carbonyl (C=O) groups is 2. The van der Waals surface area contributed by atoms with E-state index < -0.39 is 23.0 Å². The number of hydrogen-bond donors (Lipinski definition) is 3. The third kappa shape index (κ3) is 3.83. The third-order valence-electron chi connectivity index (χ3n) is 2.35. The summed E-state index contributed by atoms with van der Waals surface area (Å²) >= 11 is 0. The fraction of sp³-hybridized carbons (Fsp3) is 0.273. The Balaban J connectivity index is 2.83. The van der Waals surface area contributed by atoms with Gasteiger partial charge in [-0.15, -0.1) is 0 Å². The van der Waals surface area contributed by atoms with E-state index in [1.54, 1.807) is 0 Å². The Kier molecular flexibility index (Phi) is 4.84. The third-order valence-corrected chi connectivity index (χ3v) is 2.35. The number of nitrogens with zero attached hydrogens (tertiary/aromatic N) is 1. The predicted molar refractivity (Wildman–Crippen MR) is 68.9 cm³/mol. The van der Waals surface area contributed by atoms with E-state index in [1.165, 1.54) is 26.2 Å². The zero-order chi connectivity index (χ0) is 15.3. The van der Waals surface area contributed by atoms with Crippen LogP contribution in [0.5, 0.6) is 5.75 Å². The number of methoxy groups -OCH3 is 1. The molecular formula is C11H13N3O6. The number of carboxylic acids is 1. The number of carboxylic acid groups (broad SMARTS) is 1. The fourth-order valence-corrected chi connectivity index (χ4v) is 1.34. The van der Waals surface area contributed by atoms with Gasteiger partial charge < -0.3 is 20.5 Å². The van der Waals surface area contributed by atoms with E-state index in [0.29, 0.717) is 0 Å². The van der Waals surface area contributed by atoms with Crippen molar-refractivity contribution < 1.29 is 24.4 Å². The van der Waals surface area contributed by atoms with E-state index in [2.05, 4.69) is 10.6 Å². The van der Waals surface area contributed by atoms with Crippen LogP contribution in [0.2, 0.25) is 0 Å². The van der Waals surface area contributed by atoms with E-state index in [1.807, 2.05) is 0 Å². The fourth-order valence-electron chi connectivity index (χ4n) is 1.34. The highest BCUT2D eigenvalue weighted by Gasteiger charge is 2.17. The summed E-state index contributed by atoms with van der Waals surface area (Å²) in [6.45, 7) is 1.29. The number of aliphatic carboxylic acids is 1. The lowest BCUT2D eigenvalue weighted by molar-refractivity contribution is -0.385. The molecule has 3 N–H and O–H groups in total. The van der Waals surface area contributed by atoms with Crippen LogP contribution in [-0.4, -0.2) is 35.2 Å². The molecule has 1 aromatic carbocycles. The van der Waals surface area contributed by atoms with Gasteiger partial charge in [-0.1, -0.05) is 0 Å². The molecule has 0 aliphatic carbocycles. The molecule has 0 fully saturated rings. The second kappa shape index (κ2) is 6.36. The minimum absolute atomic E-state index is 0.0554. The van der Waals surface area contributed by atoms with Crippen LogP contribution in [-0.2, 0) is 4.79 Å². The zero-order valence-electron chi connectivity index (χ0n) is 10.7. The highest BCUT2D eigenvalue weighted by atomic mass is 16.6. The largest absolute Gasteiger partial charge is 0.490 e. The molecular weight excluding hydrogens is 270 g/mol. The van der Waals surface area contributed by atoms with Crippen molar-refractivity contribution in [2.24, 2.45) is 0 Å². The minimum Gasteiger partial charge on any atom is -0.490 e. The number of nitro groups is 1. The van der Waals surface area contributed by atoms with Crippen LogP contribution in [0.1, 0.15) is 6.92 Å². The number of amides is 2. The van der Waals surface area contributed by atoms with Gasteiger partial charge in [0.1, 0.15) is 6.04 Å². The Morgan fingerprint density at radius 3 is 2.60 bits per heavy atom. The quantitative estimate of drug-likeness (QED) is 0.549. The van der Waals surface area contributed by atoms with Gasteiger partial charge in [-0.3, -0.25) is 14.9 Å². The molecule has 20 heavy (non-hydrogen) atoms. The van der Waals surface area contributed by atoms with Gasteiger partial charge in [0, 0.05) is 11.8 Å². The van der Waals surface area contributed by atoms with Crippen molar-refractivity contribution in [3.8, 4) is 5.75 Å². The molecule has 0 spiro atoms. The molecule has 0 saturated carbocycles. The first-order chi connectivity index (χ1) is 9.35. The normalized spacial score (nSPS) is 11.3. The van der Waals surface area contributed by atoms with E-state index in [0.717, 1.165) is 6.07 Å². The van der Waals surface area contributed by atoms with E-state index in [4.69, 9.17) is 9.84 Å². The highest BCUT2D eigenvalue weighted by molar-refractivity contribution is 5.92. The van der Waals surface area contributed by atoms with Crippen LogP contribution in [0.25, 0.3) is 0 Å². The standard InChI is InChI=1S/C11H13N3O6/c1-6(10(15)16)12-11(17)13-7-3-4-9(20-2)8(5-7)14(18)19/h3-6H,1-2H3,(H,15,16)(H2,12,13,17). The summed E-state index contributed by atoms with van der Waals surface area (Å²) in [7, 11) is 1.29. The Morgan fingerprint density at radius 1 is 1.45 bits per heavy atom. The van der Waals surface area contributed by atoms with E-state index in [-0.39, 0.29) is 17.1 Å². The smallest absolute Gasteiger partial charge is 0.325 e.